The van der Waals surface area contributed by atoms with Gasteiger partial charge in [-0.25, -0.2) is 0 Å². The molecule has 0 aliphatic heterocycles. The first kappa shape index (κ1) is 17.9. The van der Waals surface area contributed by atoms with E-state index in [4.69, 9.17) is 16.0 Å². The summed E-state index contributed by atoms with van der Waals surface area (Å²) in [6.45, 7) is 4.12. The van der Waals surface area contributed by atoms with Crippen LogP contribution in [0.1, 0.15) is 28.1 Å². The van der Waals surface area contributed by atoms with Crippen LogP contribution in [0.15, 0.2) is 53.0 Å². The topological polar surface area (TPSA) is 68.0 Å². The molecular formula is C20H18ClN3O2. The highest BCUT2D eigenvalue weighted by atomic mass is 35.5. The molecule has 0 unspecified atom stereocenters. The fourth-order valence-electron chi connectivity index (χ4n) is 2.39. The van der Waals surface area contributed by atoms with Gasteiger partial charge in [-0.05, 0) is 48.2 Å². The van der Waals surface area contributed by atoms with Crippen LogP contribution in [-0.4, -0.2) is 16.1 Å². The normalized spacial score (nSPS) is 11.0. The van der Waals surface area contributed by atoms with Crippen LogP contribution in [0.5, 0.6) is 0 Å². The monoisotopic (exact) mass is 367 g/mol. The van der Waals surface area contributed by atoms with Crippen molar-refractivity contribution in [1.29, 1.82) is 0 Å². The van der Waals surface area contributed by atoms with E-state index in [0.717, 1.165) is 11.1 Å². The van der Waals surface area contributed by atoms with E-state index in [2.05, 4.69) is 41.5 Å². The van der Waals surface area contributed by atoms with Crippen molar-refractivity contribution in [1.82, 2.24) is 10.2 Å². The van der Waals surface area contributed by atoms with Crippen LogP contribution in [0, 0.1) is 13.8 Å². The maximum absolute atomic E-state index is 12.0. The van der Waals surface area contributed by atoms with Crippen molar-refractivity contribution in [3.05, 3.63) is 81.7 Å². The van der Waals surface area contributed by atoms with Crippen LogP contribution in [-0.2, 0) is 11.2 Å². The second kappa shape index (κ2) is 7.97. The van der Waals surface area contributed by atoms with E-state index in [1.165, 1.54) is 17.2 Å². The number of halogens is 1. The Hall–Kier alpha value is -2.92. The van der Waals surface area contributed by atoms with Gasteiger partial charge in [-0.2, -0.15) is 0 Å². The van der Waals surface area contributed by atoms with E-state index in [1.54, 1.807) is 12.1 Å². The molecule has 0 saturated carbocycles. The van der Waals surface area contributed by atoms with Crippen molar-refractivity contribution in [2.75, 3.05) is 5.32 Å². The molecule has 1 N–H and O–H groups in total. The molecule has 3 aromatic rings. The largest absolute Gasteiger partial charge is 0.407 e. The number of nitrogens with zero attached hydrogens (tertiary/aromatic N) is 2. The number of hydrogen-bond acceptors (Lipinski definition) is 4. The van der Waals surface area contributed by atoms with Gasteiger partial charge in [0.25, 0.3) is 5.91 Å². The number of aryl methyl sites for hydroxylation is 2. The predicted molar refractivity (Wildman–Crippen MR) is 102 cm³/mol. The van der Waals surface area contributed by atoms with Crippen molar-refractivity contribution in [2.24, 2.45) is 0 Å². The molecule has 1 amide bonds. The summed E-state index contributed by atoms with van der Waals surface area (Å²) in [6.07, 6.45) is 3.51. The maximum atomic E-state index is 12.0. The van der Waals surface area contributed by atoms with Crippen LogP contribution < -0.4 is 5.32 Å². The number of aromatic nitrogens is 2. The Balaban J connectivity index is 1.62. The first-order valence-corrected chi connectivity index (χ1v) is 8.51. The summed E-state index contributed by atoms with van der Waals surface area (Å²) in [5, 5.41) is 11.0. The smallest absolute Gasteiger partial charge is 0.322 e. The van der Waals surface area contributed by atoms with Crippen molar-refractivity contribution in [3.63, 3.8) is 0 Å². The van der Waals surface area contributed by atoms with Crippen LogP contribution in [0.25, 0.3) is 6.08 Å². The molecule has 0 radical (unpaired) electrons. The van der Waals surface area contributed by atoms with Gasteiger partial charge in [-0.1, -0.05) is 53.1 Å². The van der Waals surface area contributed by atoms with Crippen LogP contribution in [0.4, 0.5) is 6.01 Å². The highest BCUT2D eigenvalue weighted by Crippen LogP contribution is 2.17. The minimum atomic E-state index is -0.369. The zero-order valence-corrected chi connectivity index (χ0v) is 15.2. The van der Waals surface area contributed by atoms with Crippen molar-refractivity contribution in [3.8, 4) is 0 Å². The summed E-state index contributed by atoms with van der Waals surface area (Å²) in [5.74, 6) is 0.0740. The van der Waals surface area contributed by atoms with Crippen LogP contribution >= 0.6 is 11.6 Å². The average molecular weight is 368 g/mol. The van der Waals surface area contributed by atoms with Gasteiger partial charge < -0.3 is 4.42 Å². The Bertz CT molecular complexity index is 963. The van der Waals surface area contributed by atoms with Gasteiger partial charge in [0, 0.05) is 11.1 Å². The molecule has 1 aromatic heterocycles. The third-order valence-corrected chi connectivity index (χ3v) is 4.29. The number of nitrogens with one attached hydrogen (secondary N) is 1. The molecule has 26 heavy (non-hydrogen) atoms. The minimum Gasteiger partial charge on any atom is -0.407 e. The van der Waals surface area contributed by atoms with E-state index in [1.807, 2.05) is 24.3 Å². The number of amides is 1. The summed E-state index contributed by atoms with van der Waals surface area (Å²) < 4.78 is 5.49. The zero-order chi connectivity index (χ0) is 18.5. The molecular weight excluding hydrogens is 350 g/mol. The highest BCUT2D eigenvalue weighted by molar-refractivity contribution is 6.32. The molecule has 0 saturated heterocycles. The molecule has 3 rings (SSSR count). The second-order valence-electron chi connectivity index (χ2n) is 5.94. The van der Waals surface area contributed by atoms with E-state index in [9.17, 15) is 4.79 Å². The first-order valence-electron chi connectivity index (χ1n) is 8.13. The quantitative estimate of drug-likeness (QED) is 0.670. The zero-order valence-electron chi connectivity index (χ0n) is 14.5. The number of carbonyl (C=O) groups excluding carboxylic acids is 1. The first-order chi connectivity index (χ1) is 12.5. The van der Waals surface area contributed by atoms with E-state index >= 15 is 0 Å². The minimum absolute atomic E-state index is 0.0673. The maximum Gasteiger partial charge on any atom is 0.322 e. The molecule has 0 fully saturated rings. The number of rotatable bonds is 5. The van der Waals surface area contributed by atoms with Crippen LogP contribution in [0.2, 0.25) is 5.02 Å². The summed E-state index contributed by atoms with van der Waals surface area (Å²) in [7, 11) is 0. The molecule has 132 valence electrons. The van der Waals surface area contributed by atoms with Gasteiger partial charge in [0.15, 0.2) is 0 Å². The van der Waals surface area contributed by atoms with E-state index < -0.39 is 0 Å². The molecule has 0 bridgehead atoms. The van der Waals surface area contributed by atoms with Gasteiger partial charge in [0.2, 0.25) is 5.89 Å². The summed E-state index contributed by atoms with van der Waals surface area (Å²) in [6, 6.07) is 13.5. The second-order valence-corrected chi connectivity index (χ2v) is 6.35. The Labute approximate surface area is 156 Å². The lowest BCUT2D eigenvalue weighted by molar-refractivity contribution is -0.112. The third-order valence-electron chi connectivity index (χ3n) is 3.94. The molecule has 0 atom stereocenters. The molecule has 0 aliphatic carbocycles. The molecule has 6 heteroatoms. The van der Waals surface area contributed by atoms with Crippen molar-refractivity contribution < 1.29 is 9.21 Å². The van der Waals surface area contributed by atoms with Crippen molar-refractivity contribution >= 4 is 29.6 Å². The predicted octanol–water partition coefficient (Wildman–Crippen LogP) is 4.58. The summed E-state index contributed by atoms with van der Waals surface area (Å²) in [5.41, 5.74) is 4.27. The number of carbonyl (C=O) groups is 1. The molecule has 0 aliphatic rings. The van der Waals surface area contributed by atoms with E-state index in [-0.39, 0.29) is 11.9 Å². The van der Waals surface area contributed by atoms with Gasteiger partial charge in [0.05, 0.1) is 6.42 Å². The van der Waals surface area contributed by atoms with Gasteiger partial charge in [-0.3, -0.25) is 10.1 Å². The Morgan fingerprint density at radius 3 is 2.73 bits per heavy atom. The molecule has 0 spiro atoms. The summed E-state index contributed by atoms with van der Waals surface area (Å²) >= 11 is 6.05. The van der Waals surface area contributed by atoms with Crippen LogP contribution in [0.3, 0.4) is 0 Å². The molecule has 5 nitrogen and oxygen atoms in total. The Kier molecular flexibility index (Phi) is 5.49. The molecule has 2 aromatic carbocycles. The standard InChI is InChI=1S/C20H18ClN3O2/c1-13-7-8-15(11-14(13)2)12-19-23-24-20(26-19)22-18(25)10-9-16-5-3-4-6-17(16)21/h3-11H,12H2,1-2H3,(H,22,24,25)/b10-9+. The van der Waals surface area contributed by atoms with Crippen molar-refractivity contribution in [2.45, 2.75) is 20.3 Å². The van der Waals surface area contributed by atoms with E-state index in [0.29, 0.717) is 17.3 Å². The third kappa shape index (κ3) is 4.58. The van der Waals surface area contributed by atoms with Gasteiger partial charge in [0.1, 0.15) is 0 Å². The number of anilines is 1. The summed E-state index contributed by atoms with van der Waals surface area (Å²) in [4.78, 5) is 12.0. The Morgan fingerprint density at radius 2 is 1.96 bits per heavy atom. The van der Waals surface area contributed by atoms with Gasteiger partial charge >= 0.3 is 6.01 Å². The van der Waals surface area contributed by atoms with Gasteiger partial charge in [-0.15, -0.1) is 5.10 Å². The fraction of sp³-hybridized carbons (Fsp3) is 0.150. The SMILES string of the molecule is Cc1ccc(Cc2nnc(NC(=O)/C=C/c3ccccc3Cl)o2)cc1C. The lowest BCUT2D eigenvalue weighted by atomic mass is 10.0. The highest BCUT2D eigenvalue weighted by Gasteiger charge is 2.09. The Morgan fingerprint density at radius 1 is 1.15 bits per heavy atom. The average Bonchev–Trinajstić information content (AvgIpc) is 3.04. The molecule has 1 heterocycles. The number of hydrogen-bond donors (Lipinski definition) is 1. The lowest BCUT2D eigenvalue weighted by Crippen LogP contribution is -2.07. The lowest BCUT2D eigenvalue weighted by Gasteiger charge is -2.02. The number of benzene rings is 2. The fourth-order valence-corrected chi connectivity index (χ4v) is 2.59.